The summed E-state index contributed by atoms with van der Waals surface area (Å²) in [4.78, 5) is 0. The van der Waals surface area contributed by atoms with Crippen molar-refractivity contribution in [2.45, 2.75) is 6.42 Å². The van der Waals surface area contributed by atoms with Crippen molar-refractivity contribution in [3.63, 3.8) is 0 Å². The molecule has 0 aliphatic rings. The van der Waals surface area contributed by atoms with Gasteiger partial charge >= 0.3 is 0 Å². The van der Waals surface area contributed by atoms with Gasteiger partial charge in [0.2, 0.25) is 0 Å². The molecule has 94 valence electrons. The Morgan fingerprint density at radius 2 is 1.67 bits per heavy atom. The zero-order valence-electron chi connectivity index (χ0n) is 10.6. The summed E-state index contributed by atoms with van der Waals surface area (Å²) >= 11 is 0. The van der Waals surface area contributed by atoms with Crippen LogP contribution in [0.5, 0.6) is 11.5 Å². The van der Waals surface area contributed by atoms with Gasteiger partial charge in [0.05, 0.1) is 14.2 Å². The first-order chi connectivity index (χ1) is 8.74. The molecule has 0 heterocycles. The standard InChI is InChI=1S/C15H17NO2/c1-17-14-5-3-4-12(15(14)18-2)10-11-6-8-13(16)9-7-11/h3-9H,10,16H2,1-2H3. The third-order valence-electron chi connectivity index (χ3n) is 2.86. The smallest absolute Gasteiger partial charge is 0.164 e. The largest absolute Gasteiger partial charge is 0.493 e. The van der Waals surface area contributed by atoms with E-state index in [0.29, 0.717) is 0 Å². The van der Waals surface area contributed by atoms with Gasteiger partial charge < -0.3 is 15.2 Å². The first-order valence-corrected chi connectivity index (χ1v) is 5.79. The molecule has 3 heteroatoms. The molecule has 0 saturated carbocycles. The number of ether oxygens (including phenoxy) is 2. The van der Waals surface area contributed by atoms with Crippen LogP contribution in [0.1, 0.15) is 11.1 Å². The van der Waals surface area contributed by atoms with Gasteiger partial charge in [0, 0.05) is 17.7 Å². The van der Waals surface area contributed by atoms with Crippen molar-refractivity contribution in [2.75, 3.05) is 20.0 Å². The van der Waals surface area contributed by atoms with Gasteiger partial charge in [-0.25, -0.2) is 0 Å². The summed E-state index contributed by atoms with van der Waals surface area (Å²) in [5.41, 5.74) is 8.74. The van der Waals surface area contributed by atoms with Crippen LogP contribution in [-0.4, -0.2) is 14.2 Å². The average molecular weight is 243 g/mol. The Kier molecular flexibility index (Phi) is 3.72. The van der Waals surface area contributed by atoms with Gasteiger partial charge in [0.15, 0.2) is 11.5 Å². The van der Waals surface area contributed by atoms with E-state index in [1.54, 1.807) is 14.2 Å². The minimum atomic E-state index is 0.755. The minimum absolute atomic E-state index is 0.755. The summed E-state index contributed by atoms with van der Waals surface area (Å²) in [6.07, 6.45) is 0.792. The van der Waals surface area contributed by atoms with Crippen molar-refractivity contribution in [1.82, 2.24) is 0 Å². The molecule has 2 N–H and O–H groups in total. The van der Waals surface area contributed by atoms with Gasteiger partial charge in [-0.15, -0.1) is 0 Å². The SMILES string of the molecule is COc1cccc(Cc2ccc(N)cc2)c1OC. The van der Waals surface area contributed by atoms with E-state index >= 15 is 0 Å². The second kappa shape index (κ2) is 5.45. The molecule has 0 atom stereocenters. The summed E-state index contributed by atoms with van der Waals surface area (Å²) in [5, 5.41) is 0. The molecule has 0 spiro atoms. The van der Waals surface area contributed by atoms with Crippen LogP contribution in [0.15, 0.2) is 42.5 Å². The van der Waals surface area contributed by atoms with Crippen molar-refractivity contribution in [3.8, 4) is 11.5 Å². The Labute approximate surface area is 107 Å². The number of nitrogens with two attached hydrogens (primary N) is 1. The highest BCUT2D eigenvalue weighted by Crippen LogP contribution is 2.32. The summed E-state index contributed by atoms with van der Waals surface area (Å²) in [7, 11) is 3.30. The molecule has 0 radical (unpaired) electrons. The zero-order valence-corrected chi connectivity index (χ0v) is 10.6. The molecule has 3 nitrogen and oxygen atoms in total. The fraction of sp³-hybridized carbons (Fsp3) is 0.200. The predicted molar refractivity (Wildman–Crippen MR) is 73.2 cm³/mol. The van der Waals surface area contributed by atoms with Crippen molar-refractivity contribution in [2.24, 2.45) is 0 Å². The van der Waals surface area contributed by atoms with Crippen molar-refractivity contribution in [1.29, 1.82) is 0 Å². The molecular weight excluding hydrogens is 226 g/mol. The maximum Gasteiger partial charge on any atom is 0.164 e. The lowest BCUT2D eigenvalue weighted by atomic mass is 10.0. The Balaban J connectivity index is 2.31. The van der Waals surface area contributed by atoms with Crippen LogP contribution in [0.3, 0.4) is 0 Å². The predicted octanol–water partition coefficient (Wildman–Crippen LogP) is 2.88. The average Bonchev–Trinajstić information content (AvgIpc) is 2.41. The molecule has 0 bridgehead atoms. The molecule has 18 heavy (non-hydrogen) atoms. The molecule has 0 saturated heterocycles. The van der Waals surface area contributed by atoms with Crippen LogP contribution in [-0.2, 0) is 6.42 Å². The maximum absolute atomic E-state index is 5.68. The first-order valence-electron chi connectivity index (χ1n) is 5.79. The first kappa shape index (κ1) is 12.3. The van der Waals surface area contributed by atoms with Crippen LogP contribution >= 0.6 is 0 Å². The van der Waals surface area contributed by atoms with Crippen LogP contribution in [0.2, 0.25) is 0 Å². The van der Waals surface area contributed by atoms with Gasteiger partial charge in [0.1, 0.15) is 0 Å². The van der Waals surface area contributed by atoms with Crippen LogP contribution < -0.4 is 15.2 Å². The minimum Gasteiger partial charge on any atom is -0.493 e. The quantitative estimate of drug-likeness (QED) is 0.840. The molecule has 0 fully saturated rings. The van der Waals surface area contributed by atoms with E-state index in [4.69, 9.17) is 15.2 Å². The van der Waals surface area contributed by atoms with Gasteiger partial charge in [-0.2, -0.15) is 0 Å². The highest BCUT2D eigenvalue weighted by molar-refractivity contribution is 5.49. The lowest BCUT2D eigenvalue weighted by Gasteiger charge is -2.12. The number of hydrogen-bond acceptors (Lipinski definition) is 3. The van der Waals surface area contributed by atoms with E-state index in [2.05, 4.69) is 0 Å². The number of benzene rings is 2. The van der Waals surface area contributed by atoms with Crippen molar-refractivity contribution in [3.05, 3.63) is 53.6 Å². The Bertz CT molecular complexity index is 521. The highest BCUT2D eigenvalue weighted by atomic mass is 16.5. The van der Waals surface area contributed by atoms with Crippen LogP contribution in [0, 0.1) is 0 Å². The van der Waals surface area contributed by atoms with Gasteiger partial charge in [-0.3, -0.25) is 0 Å². The van der Waals surface area contributed by atoms with Crippen LogP contribution in [0.4, 0.5) is 5.69 Å². The molecule has 0 aliphatic heterocycles. The van der Waals surface area contributed by atoms with E-state index in [0.717, 1.165) is 29.2 Å². The topological polar surface area (TPSA) is 44.5 Å². The lowest BCUT2D eigenvalue weighted by molar-refractivity contribution is 0.352. The Hall–Kier alpha value is -2.16. The number of para-hydroxylation sites is 1. The van der Waals surface area contributed by atoms with E-state index < -0.39 is 0 Å². The highest BCUT2D eigenvalue weighted by Gasteiger charge is 2.09. The number of methoxy groups -OCH3 is 2. The number of nitrogen functional groups attached to an aromatic ring is 1. The normalized spacial score (nSPS) is 10.1. The number of rotatable bonds is 4. The van der Waals surface area contributed by atoms with E-state index in [1.807, 2.05) is 42.5 Å². The number of hydrogen-bond donors (Lipinski definition) is 1. The summed E-state index contributed by atoms with van der Waals surface area (Å²) in [6.45, 7) is 0. The second-order valence-corrected chi connectivity index (χ2v) is 4.07. The monoisotopic (exact) mass is 243 g/mol. The van der Waals surface area contributed by atoms with E-state index in [9.17, 15) is 0 Å². The molecule has 2 rings (SSSR count). The Morgan fingerprint density at radius 1 is 0.944 bits per heavy atom. The van der Waals surface area contributed by atoms with Crippen molar-refractivity contribution < 1.29 is 9.47 Å². The summed E-state index contributed by atoms with van der Waals surface area (Å²) in [6, 6.07) is 13.8. The fourth-order valence-corrected chi connectivity index (χ4v) is 1.95. The van der Waals surface area contributed by atoms with Crippen molar-refractivity contribution >= 4 is 5.69 Å². The molecular formula is C15H17NO2. The summed E-state index contributed by atoms with van der Waals surface area (Å²) in [5.74, 6) is 1.54. The van der Waals surface area contributed by atoms with Gasteiger partial charge in [-0.1, -0.05) is 24.3 Å². The third kappa shape index (κ3) is 2.56. The molecule has 0 aliphatic carbocycles. The molecule has 2 aromatic carbocycles. The summed E-state index contributed by atoms with van der Waals surface area (Å²) < 4.78 is 10.7. The maximum atomic E-state index is 5.68. The third-order valence-corrected chi connectivity index (χ3v) is 2.86. The molecule has 2 aromatic rings. The lowest BCUT2D eigenvalue weighted by Crippen LogP contribution is -1.97. The van der Waals surface area contributed by atoms with E-state index in [-0.39, 0.29) is 0 Å². The van der Waals surface area contributed by atoms with Crippen LogP contribution in [0.25, 0.3) is 0 Å². The van der Waals surface area contributed by atoms with E-state index in [1.165, 1.54) is 5.56 Å². The molecule has 0 unspecified atom stereocenters. The molecule has 0 amide bonds. The zero-order chi connectivity index (χ0) is 13.0. The van der Waals surface area contributed by atoms with Gasteiger partial charge in [-0.05, 0) is 23.8 Å². The molecule has 0 aromatic heterocycles. The van der Waals surface area contributed by atoms with Gasteiger partial charge in [0.25, 0.3) is 0 Å². The fourth-order valence-electron chi connectivity index (χ4n) is 1.95. The second-order valence-electron chi connectivity index (χ2n) is 4.07. The number of anilines is 1. The Morgan fingerprint density at radius 3 is 2.28 bits per heavy atom.